The van der Waals surface area contributed by atoms with Crippen LogP contribution >= 0.6 is 0 Å². The monoisotopic (exact) mass is 342 g/mol. The van der Waals surface area contributed by atoms with E-state index >= 15 is 0 Å². The maximum Gasteiger partial charge on any atom is 0.305 e. The fraction of sp³-hybridized carbons (Fsp3) is 0.435. The molecule has 0 aromatic heterocycles. The van der Waals surface area contributed by atoms with Gasteiger partial charge >= 0.3 is 5.97 Å². The van der Waals surface area contributed by atoms with Crippen molar-refractivity contribution in [3.63, 3.8) is 0 Å². The van der Waals surface area contributed by atoms with E-state index in [4.69, 9.17) is 0 Å². The van der Waals surface area contributed by atoms with E-state index in [1.165, 1.54) is 7.11 Å². The molecule has 2 nitrogen and oxygen atoms in total. The normalized spacial score (nSPS) is 12.9. The van der Waals surface area contributed by atoms with Gasteiger partial charge in [-0.15, -0.1) is 0 Å². The highest BCUT2D eigenvalue weighted by Crippen LogP contribution is 1.98. The smallest absolute Gasteiger partial charge is 0.305 e. The first-order valence-corrected chi connectivity index (χ1v) is 9.28. The van der Waals surface area contributed by atoms with Gasteiger partial charge in [0.15, 0.2) is 0 Å². The first-order chi connectivity index (χ1) is 12.3. The summed E-state index contributed by atoms with van der Waals surface area (Å²) in [5, 5.41) is 0. The fourth-order valence-corrected chi connectivity index (χ4v) is 1.94. The van der Waals surface area contributed by atoms with Gasteiger partial charge in [-0.2, -0.15) is 0 Å². The van der Waals surface area contributed by atoms with Gasteiger partial charge in [-0.3, -0.25) is 4.79 Å². The Balaban J connectivity index is 3.53. The quantitative estimate of drug-likeness (QED) is 0.261. The zero-order chi connectivity index (χ0) is 18.4. The molecule has 138 valence electrons. The molecule has 0 unspecified atom stereocenters. The molecule has 0 aromatic rings. The second kappa shape index (κ2) is 20.0. The Morgan fingerprint density at radius 1 is 0.640 bits per heavy atom. The summed E-state index contributed by atoms with van der Waals surface area (Å²) < 4.78 is 4.58. The van der Waals surface area contributed by atoms with Crippen molar-refractivity contribution in [2.75, 3.05) is 7.11 Å². The highest BCUT2D eigenvalue weighted by Gasteiger charge is 1.94. The number of hydrogen-bond donors (Lipinski definition) is 0. The number of hydrogen-bond acceptors (Lipinski definition) is 2. The van der Waals surface area contributed by atoms with Crippen LogP contribution in [-0.2, 0) is 9.53 Å². The Hall–Kier alpha value is -2.09. The number of methoxy groups -OCH3 is 1. The van der Waals surface area contributed by atoms with Crippen LogP contribution in [0.1, 0.15) is 58.3 Å². The molecule has 0 spiro atoms. The second-order valence-corrected chi connectivity index (χ2v) is 5.53. The van der Waals surface area contributed by atoms with Gasteiger partial charge in [0.25, 0.3) is 0 Å². The largest absolute Gasteiger partial charge is 0.469 e. The molecule has 0 aliphatic carbocycles. The molecule has 25 heavy (non-hydrogen) atoms. The molecule has 0 bridgehead atoms. The average Bonchev–Trinajstić information content (AvgIpc) is 2.63. The zero-order valence-electron chi connectivity index (χ0n) is 15.9. The molecule has 0 saturated heterocycles. The van der Waals surface area contributed by atoms with E-state index in [1.54, 1.807) is 0 Å². The summed E-state index contributed by atoms with van der Waals surface area (Å²) in [5.41, 5.74) is 0. The van der Waals surface area contributed by atoms with Crippen LogP contribution in [0.4, 0.5) is 0 Å². The molecule has 2 heteroatoms. The molecule has 0 atom stereocenters. The molecule has 0 N–H and O–H groups in total. The van der Waals surface area contributed by atoms with Gasteiger partial charge < -0.3 is 4.74 Å². The van der Waals surface area contributed by atoms with Gasteiger partial charge in [0, 0.05) is 6.42 Å². The maximum absolute atomic E-state index is 10.9. The molecule has 0 aliphatic heterocycles. The Morgan fingerprint density at radius 3 is 1.36 bits per heavy atom. The van der Waals surface area contributed by atoms with E-state index in [0.717, 1.165) is 44.9 Å². The Bertz CT molecular complexity index is 476. The number of ether oxygens (including phenoxy) is 1. The zero-order valence-corrected chi connectivity index (χ0v) is 15.9. The number of carbonyl (C=O) groups is 1. The summed E-state index contributed by atoms with van der Waals surface area (Å²) in [5.74, 6) is -0.153. The summed E-state index contributed by atoms with van der Waals surface area (Å²) in [4.78, 5) is 10.9. The number of allylic oxidation sites excluding steroid dienone is 12. The summed E-state index contributed by atoms with van der Waals surface area (Å²) in [6.07, 6.45) is 33.3. The number of esters is 1. The lowest BCUT2D eigenvalue weighted by atomic mass is 10.2. The first kappa shape index (κ1) is 22.9. The second-order valence-electron chi connectivity index (χ2n) is 5.53. The third-order valence-electron chi connectivity index (χ3n) is 3.34. The molecule has 0 saturated carbocycles. The minimum absolute atomic E-state index is 0.153. The van der Waals surface area contributed by atoms with Gasteiger partial charge in [0.05, 0.1) is 7.11 Å². The third kappa shape index (κ3) is 19.9. The van der Waals surface area contributed by atoms with Crippen LogP contribution in [0.3, 0.4) is 0 Å². The van der Waals surface area contributed by atoms with Gasteiger partial charge in [0.1, 0.15) is 0 Å². The van der Waals surface area contributed by atoms with Crippen LogP contribution in [0.5, 0.6) is 0 Å². The molecule has 0 aromatic carbocycles. The van der Waals surface area contributed by atoms with E-state index in [-0.39, 0.29) is 5.97 Å². The molecule has 0 amide bonds. The van der Waals surface area contributed by atoms with E-state index in [9.17, 15) is 4.79 Å². The first-order valence-electron chi connectivity index (χ1n) is 9.28. The topological polar surface area (TPSA) is 26.3 Å². The lowest BCUT2D eigenvalue weighted by molar-refractivity contribution is -0.140. The molecular formula is C23H34O2. The van der Waals surface area contributed by atoms with Gasteiger partial charge in [-0.25, -0.2) is 0 Å². The van der Waals surface area contributed by atoms with Crippen molar-refractivity contribution in [2.24, 2.45) is 0 Å². The van der Waals surface area contributed by atoms with E-state index in [2.05, 4.69) is 78.5 Å². The third-order valence-corrected chi connectivity index (χ3v) is 3.34. The summed E-state index contributed by atoms with van der Waals surface area (Å²) in [6.45, 7) is 2.15. The van der Waals surface area contributed by atoms with Crippen LogP contribution in [0.2, 0.25) is 0 Å². The molecule has 0 radical (unpaired) electrons. The summed E-state index contributed by atoms with van der Waals surface area (Å²) in [7, 11) is 1.42. The van der Waals surface area contributed by atoms with Crippen LogP contribution in [-0.4, -0.2) is 13.1 Å². The molecule has 0 fully saturated rings. The van der Waals surface area contributed by atoms with Gasteiger partial charge in [-0.1, -0.05) is 79.8 Å². The van der Waals surface area contributed by atoms with Crippen molar-refractivity contribution >= 4 is 5.97 Å². The van der Waals surface area contributed by atoms with Crippen LogP contribution in [0.15, 0.2) is 72.9 Å². The minimum atomic E-state index is -0.153. The van der Waals surface area contributed by atoms with E-state index in [0.29, 0.717) is 6.42 Å². The highest BCUT2D eigenvalue weighted by molar-refractivity contribution is 5.69. The van der Waals surface area contributed by atoms with Crippen LogP contribution in [0.25, 0.3) is 0 Å². The van der Waals surface area contributed by atoms with Crippen LogP contribution in [0, 0.1) is 0 Å². The molecular weight excluding hydrogens is 308 g/mol. The van der Waals surface area contributed by atoms with Gasteiger partial charge in [0.2, 0.25) is 0 Å². The minimum Gasteiger partial charge on any atom is -0.469 e. The van der Waals surface area contributed by atoms with E-state index < -0.39 is 0 Å². The van der Waals surface area contributed by atoms with Crippen molar-refractivity contribution in [1.82, 2.24) is 0 Å². The Kier molecular flexibility index (Phi) is 18.3. The summed E-state index contributed by atoms with van der Waals surface area (Å²) >= 11 is 0. The van der Waals surface area contributed by atoms with Crippen molar-refractivity contribution in [3.05, 3.63) is 72.9 Å². The predicted molar refractivity (Wildman–Crippen MR) is 109 cm³/mol. The van der Waals surface area contributed by atoms with Crippen molar-refractivity contribution in [2.45, 2.75) is 58.3 Å². The Labute approximate surface area is 154 Å². The van der Waals surface area contributed by atoms with Gasteiger partial charge in [-0.05, 0) is 44.9 Å². The van der Waals surface area contributed by atoms with E-state index in [1.807, 2.05) is 6.08 Å². The number of rotatable bonds is 14. The van der Waals surface area contributed by atoms with Crippen molar-refractivity contribution in [1.29, 1.82) is 0 Å². The lowest BCUT2D eigenvalue weighted by Gasteiger charge is -1.93. The summed E-state index contributed by atoms with van der Waals surface area (Å²) in [6, 6.07) is 0. The lowest BCUT2D eigenvalue weighted by Crippen LogP contribution is -1.97. The number of carbonyl (C=O) groups excluding carboxylic acids is 1. The Morgan fingerprint density at radius 2 is 1.00 bits per heavy atom. The SMILES string of the molecule is CC/C=C/C/C=C/C/C=C/C/C=C/C/C=C/C/C=C/CCC(=O)OC. The van der Waals surface area contributed by atoms with Crippen molar-refractivity contribution in [3.8, 4) is 0 Å². The predicted octanol–water partition coefficient (Wildman–Crippen LogP) is 6.64. The molecule has 0 rings (SSSR count). The van der Waals surface area contributed by atoms with Crippen molar-refractivity contribution < 1.29 is 9.53 Å². The standard InChI is InChI=1S/C23H34O2/c1-3-4-5-6-7-8-9-10-11-12-13-14-15-16-17-18-19-20-21-22-23(24)25-2/h4-5,7-8,10-11,13-14,16-17,19-20H,3,6,9,12,15,18,21-22H2,1-2H3/b5-4+,8-7+,11-10+,14-13+,17-16+,20-19+. The maximum atomic E-state index is 10.9. The highest BCUT2D eigenvalue weighted by atomic mass is 16.5. The van der Waals surface area contributed by atoms with Crippen LogP contribution < -0.4 is 0 Å². The average molecular weight is 343 g/mol. The fourth-order valence-electron chi connectivity index (χ4n) is 1.94. The molecule has 0 heterocycles. The molecule has 0 aliphatic rings.